The van der Waals surface area contributed by atoms with Crippen LogP contribution in [-0.2, 0) is 13.0 Å². The molecule has 0 amide bonds. The molecule has 2 N–H and O–H groups in total. The van der Waals surface area contributed by atoms with Crippen LogP contribution >= 0.6 is 24.0 Å². The van der Waals surface area contributed by atoms with Crippen LogP contribution in [0.15, 0.2) is 53.5 Å². The van der Waals surface area contributed by atoms with Gasteiger partial charge in [0.05, 0.1) is 0 Å². The smallest absolute Gasteiger partial charge is 0.191 e. The standard InChI is InChI=1S/C17H19F2N3.HI/c1-20-17(22-12-14-4-8-16(19)9-5-14)21-11-10-13-2-6-15(18)7-3-13;/h2-9H,10-12H2,1H3,(H2,20,21,22);1H. The molecular weight excluding hydrogens is 411 g/mol. The second kappa shape index (κ2) is 10.1. The van der Waals surface area contributed by atoms with Gasteiger partial charge in [-0.2, -0.15) is 0 Å². The SMILES string of the molecule is CN=C(NCCc1ccc(F)cc1)NCc1ccc(F)cc1.I. The lowest BCUT2D eigenvalue weighted by atomic mass is 10.1. The van der Waals surface area contributed by atoms with Gasteiger partial charge in [0.25, 0.3) is 0 Å². The van der Waals surface area contributed by atoms with Crippen LogP contribution in [0, 0.1) is 11.6 Å². The first kappa shape index (κ1) is 19.3. The molecule has 2 rings (SSSR count). The number of hydrogen-bond donors (Lipinski definition) is 2. The summed E-state index contributed by atoms with van der Waals surface area (Å²) >= 11 is 0. The lowest BCUT2D eigenvalue weighted by molar-refractivity contribution is 0.626. The summed E-state index contributed by atoms with van der Waals surface area (Å²) in [6.07, 6.45) is 0.775. The van der Waals surface area contributed by atoms with Gasteiger partial charge in [-0.25, -0.2) is 8.78 Å². The van der Waals surface area contributed by atoms with Crippen LogP contribution in [0.3, 0.4) is 0 Å². The first-order valence-corrected chi connectivity index (χ1v) is 7.11. The molecule has 124 valence electrons. The van der Waals surface area contributed by atoms with Crippen molar-refractivity contribution in [3.8, 4) is 0 Å². The Bertz CT molecular complexity index is 613. The van der Waals surface area contributed by atoms with Crippen molar-refractivity contribution in [2.24, 2.45) is 4.99 Å². The molecule has 0 saturated heterocycles. The summed E-state index contributed by atoms with van der Waals surface area (Å²) in [6.45, 7) is 1.26. The maximum Gasteiger partial charge on any atom is 0.191 e. The van der Waals surface area contributed by atoms with Crippen molar-refractivity contribution in [1.29, 1.82) is 0 Å². The van der Waals surface area contributed by atoms with Crippen LogP contribution in [0.1, 0.15) is 11.1 Å². The summed E-state index contributed by atoms with van der Waals surface area (Å²) in [4.78, 5) is 4.13. The summed E-state index contributed by atoms with van der Waals surface area (Å²) in [5, 5.41) is 6.34. The first-order valence-electron chi connectivity index (χ1n) is 7.11. The highest BCUT2D eigenvalue weighted by atomic mass is 127. The van der Waals surface area contributed by atoms with Gasteiger partial charge in [0.15, 0.2) is 5.96 Å². The molecule has 0 aromatic heterocycles. The van der Waals surface area contributed by atoms with E-state index in [-0.39, 0.29) is 35.6 Å². The van der Waals surface area contributed by atoms with E-state index in [0.29, 0.717) is 19.0 Å². The van der Waals surface area contributed by atoms with Gasteiger partial charge >= 0.3 is 0 Å². The number of guanidine groups is 1. The summed E-state index contributed by atoms with van der Waals surface area (Å²) < 4.78 is 25.6. The van der Waals surface area contributed by atoms with E-state index >= 15 is 0 Å². The van der Waals surface area contributed by atoms with Gasteiger partial charge in [-0.15, -0.1) is 24.0 Å². The highest BCUT2D eigenvalue weighted by molar-refractivity contribution is 14.0. The largest absolute Gasteiger partial charge is 0.356 e. The van der Waals surface area contributed by atoms with E-state index in [1.165, 1.54) is 24.3 Å². The number of rotatable bonds is 5. The van der Waals surface area contributed by atoms with E-state index in [4.69, 9.17) is 0 Å². The molecule has 0 heterocycles. The zero-order valence-electron chi connectivity index (χ0n) is 12.9. The normalized spacial score (nSPS) is 10.8. The zero-order valence-corrected chi connectivity index (χ0v) is 15.2. The number of hydrogen-bond acceptors (Lipinski definition) is 1. The summed E-state index contributed by atoms with van der Waals surface area (Å²) in [7, 11) is 1.69. The molecule has 0 bridgehead atoms. The fourth-order valence-corrected chi connectivity index (χ4v) is 1.98. The molecule has 2 aromatic rings. The molecule has 0 fully saturated rings. The van der Waals surface area contributed by atoms with Crippen LogP contribution in [-0.4, -0.2) is 19.6 Å². The molecule has 0 aliphatic heterocycles. The fourth-order valence-electron chi connectivity index (χ4n) is 1.98. The van der Waals surface area contributed by atoms with Gasteiger partial charge < -0.3 is 10.6 Å². The van der Waals surface area contributed by atoms with Crippen molar-refractivity contribution < 1.29 is 8.78 Å². The van der Waals surface area contributed by atoms with Crippen molar-refractivity contribution in [3.63, 3.8) is 0 Å². The molecule has 0 spiro atoms. The van der Waals surface area contributed by atoms with Gasteiger partial charge in [-0.1, -0.05) is 24.3 Å². The van der Waals surface area contributed by atoms with Gasteiger partial charge in [0.1, 0.15) is 11.6 Å². The second-order valence-corrected chi connectivity index (χ2v) is 4.86. The first-order chi connectivity index (χ1) is 10.7. The van der Waals surface area contributed by atoms with Crippen LogP contribution < -0.4 is 10.6 Å². The Labute approximate surface area is 152 Å². The average molecular weight is 431 g/mol. The Balaban J connectivity index is 0.00000264. The van der Waals surface area contributed by atoms with Crippen LogP contribution in [0.2, 0.25) is 0 Å². The number of aliphatic imine (C=N–C) groups is 1. The Morgan fingerprint density at radius 1 is 0.870 bits per heavy atom. The third-order valence-electron chi connectivity index (χ3n) is 3.22. The molecular formula is C17H20F2IN3. The van der Waals surface area contributed by atoms with Crippen LogP contribution in [0.5, 0.6) is 0 Å². The molecule has 0 aliphatic carbocycles. The minimum absolute atomic E-state index is 0. The Hall–Kier alpha value is -1.70. The molecule has 23 heavy (non-hydrogen) atoms. The third kappa shape index (κ3) is 6.94. The monoisotopic (exact) mass is 431 g/mol. The summed E-state index contributed by atoms with van der Waals surface area (Å²) in [6, 6.07) is 12.8. The van der Waals surface area contributed by atoms with E-state index in [1.807, 2.05) is 0 Å². The number of benzene rings is 2. The molecule has 6 heteroatoms. The average Bonchev–Trinajstić information content (AvgIpc) is 2.54. The van der Waals surface area contributed by atoms with E-state index in [9.17, 15) is 8.78 Å². The predicted octanol–water partition coefficient (Wildman–Crippen LogP) is 3.49. The van der Waals surface area contributed by atoms with Gasteiger partial charge in [-0.05, 0) is 41.8 Å². The second-order valence-electron chi connectivity index (χ2n) is 4.86. The minimum Gasteiger partial charge on any atom is -0.356 e. The van der Waals surface area contributed by atoms with E-state index in [1.54, 1.807) is 31.3 Å². The third-order valence-corrected chi connectivity index (χ3v) is 3.22. The van der Waals surface area contributed by atoms with Crippen molar-refractivity contribution in [2.75, 3.05) is 13.6 Å². The lowest BCUT2D eigenvalue weighted by Gasteiger charge is -2.12. The summed E-state index contributed by atoms with van der Waals surface area (Å²) in [5.41, 5.74) is 2.03. The minimum atomic E-state index is -0.245. The molecule has 0 radical (unpaired) electrons. The van der Waals surface area contributed by atoms with E-state index < -0.39 is 0 Å². The molecule has 0 atom stereocenters. The highest BCUT2D eigenvalue weighted by Gasteiger charge is 1.99. The predicted molar refractivity (Wildman–Crippen MR) is 100 cm³/mol. The molecule has 3 nitrogen and oxygen atoms in total. The lowest BCUT2D eigenvalue weighted by Crippen LogP contribution is -2.37. The Kier molecular flexibility index (Phi) is 8.53. The maximum absolute atomic E-state index is 12.8. The van der Waals surface area contributed by atoms with E-state index in [0.717, 1.165) is 17.5 Å². The van der Waals surface area contributed by atoms with Gasteiger partial charge in [0.2, 0.25) is 0 Å². The Morgan fingerprint density at radius 3 is 1.91 bits per heavy atom. The van der Waals surface area contributed by atoms with Gasteiger partial charge in [0, 0.05) is 20.1 Å². The quantitative estimate of drug-likeness (QED) is 0.432. The molecule has 0 unspecified atom stereocenters. The highest BCUT2D eigenvalue weighted by Crippen LogP contribution is 2.03. The van der Waals surface area contributed by atoms with Crippen molar-refractivity contribution in [2.45, 2.75) is 13.0 Å². The van der Waals surface area contributed by atoms with Crippen LogP contribution in [0.4, 0.5) is 8.78 Å². The van der Waals surface area contributed by atoms with Crippen molar-refractivity contribution in [1.82, 2.24) is 10.6 Å². The summed E-state index contributed by atoms with van der Waals surface area (Å²) in [5.74, 6) is 0.200. The van der Waals surface area contributed by atoms with Crippen molar-refractivity contribution >= 4 is 29.9 Å². The maximum atomic E-state index is 12.8. The number of halogens is 3. The van der Waals surface area contributed by atoms with Crippen LogP contribution in [0.25, 0.3) is 0 Å². The zero-order chi connectivity index (χ0) is 15.8. The van der Waals surface area contributed by atoms with E-state index in [2.05, 4.69) is 15.6 Å². The molecule has 0 aliphatic rings. The Morgan fingerprint density at radius 2 is 1.39 bits per heavy atom. The van der Waals surface area contributed by atoms with Gasteiger partial charge in [-0.3, -0.25) is 4.99 Å². The van der Waals surface area contributed by atoms with Crippen molar-refractivity contribution in [3.05, 3.63) is 71.3 Å². The molecule has 2 aromatic carbocycles. The molecule has 0 saturated carbocycles. The fraction of sp³-hybridized carbons (Fsp3) is 0.235. The number of nitrogens with one attached hydrogen (secondary N) is 2. The number of nitrogens with zero attached hydrogens (tertiary/aromatic N) is 1. The topological polar surface area (TPSA) is 36.4 Å².